The molecule has 1 heterocycles. The maximum atomic E-state index is 5.81. The molecule has 0 aliphatic heterocycles. The molecule has 1 aliphatic carbocycles. The molecule has 1 saturated carbocycles. The zero-order valence-corrected chi connectivity index (χ0v) is 13.3. The van der Waals surface area contributed by atoms with Crippen LogP contribution in [0.25, 0.3) is 10.9 Å². The van der Waals surface area contributed by atoms with Crippen molar-refractivity contribution in [2.75, 3.05) is 11.9 Å². The van der Waals surface area contributed by atoms with Crippen molar-refractivity contribution in [3.05, 3.63) is 36.0 Å². The quantitative estimate of drug-likeness (QED) is 0.915. The van der Waals surface area contributed by atoms with Gasteiger partial charge in [-0.25, -0.2) is 0 Å². The van der Waals surface area contributed by atoms with Gasteiger partial charge < -0.3 is 10.1 Å². The summed E-state index contributed by atoms with van der Waals surface area (Å²) in [5.74, 6) is 0. The molecule has 2 aromatic rings. The van der Waals surface area contributed by atoms with Gasteiger partial charge in [-0.2, -0.15) is 0 Å². The summed E-state index contributed by atoms with van der Waals surface area (Å²) in [7, 11) is 0. The van der Waals surface area contributed by atoms with E-state index in [1.54, 1.807) is 0 Å². The van der Waals surface area contributed by atoms with Gasteiger partial charge in [-0.3, -0.25) is 4.98 Å². The van der Waals surface area contributed by atoms with E-state index in [4.69, 9.17) is 9.72 Å². The Labute approximate surface area is 126 Å². The molecule has 3 nitrogen and oxygen atoms in total. The van der Waals surface area contributed by atoms with Gasteiger partial charge in [-0.1, -0.05) is 32.0 Å². The standard InChI is InChI=1S/C18H24N2O/c1-5-21-16-11-15(18(16,3)4)20-14-8-6-7-13-10-9-12(2)19-17(13)14/h6-10,15-16,20H,5,11H2,1-4H3. The van der Waals surface area contributed by atoms with E-state index in [1.807, 2.05) is 6.92 Å². The third-order valence-corrected chi connectivity index (χ3v) is 4.73. The Morgan fingerprint density at radius 3 is 2.81 bits per heavy atom. The van der Waals surface area contributed by atoms with E-state index < -0.39 is 0 Å². The molecular formula is C18H24N2O. The summed E-state index contributed by atoms with van der Waals surface area (Å²) in [6, 6.07) is 11.0. The molecule has 1 N–H and O–H groups in total. The minimum Gasteiger partial charge on any atom is -0.380 e. The van der Waals surface area contributed by atoms with Crippen LogP contribution >= 0.6 is 0 Å². The Balaban J connectivity index is 1.85. The van der Waals surface area contributed by atoms with Crippen LogP contribution in [-0.4, -0.2) is 23.7 Å². The Morgan fingerprint density at radius 2 is 2.10 bits per heavy atom. The third kappa shape index (κ3) is 2.51. The maximum Gasteiger partial charge on any atom is 0.0936 e. The minimum atomic E-state index is 0.155. The Hall–Kier alpha value is -1.61. The predicted octanol–water partition coefficient (Wildman–Crippen LogP) is 4.16. The molecule has 1 aromatic carbocycles. The van der Waals surface area contributed by atoms with Gasteiger partial charge in [0.1, 0.15) is 0 Å². The second kappa shape index (κ2) is 5.30. The van der Waals surface area contributed by atoms with Gasteiger partial charge in [0.2, 0.25) is 0 Å². The number of fused-ring (bicyclic) bond motifs is 1. The number of aromatic nitrogens is 1. The fraction of sp³-hybridized carbons (Fsp3) is 0.500. The lowest BCUT2D eigenvalue weighted by atomic mass is 9.64. The smallest absolute Gasteiger partial charge is 0.0936 e. The summed E-state index contributed by atoms with van der Waals surface area (Å²) in [6.45, 7) is 9.44. The van der Waals surface area contributed by atoms with Crippen molar-refractivity contribution < 1.29 is 4.74 Å². The van der Waals surface area contributed by atoms with Crippen molar-refractivity contribution in [1.82, 2.24) is 4.98 Å². The molecule has 0 amide bonds. The first-order valence-electron chi connectivity index (χ1n) is 7.77. The van der Waals surface area contributed by atoms with Crippen LogP contribution in [0.4, 0.5) is 5.69 Å². The van der Waals surface area contributed by atoms with E-state index in [0.29, 0.717) is 12.1 Å². The molecule has 21 heavy (non-hydrogen) atoms. The summed E-state index contributed by atoms with van der Waals surface area (Å²) in [4.78, 5) is 4.70. The summed E-state index contributed by atoms with van der Waals surface area (Å²) < 4.78 is 5.81. The van der Waals surface area contributed by atoms with Crippen molar-refractivity contribution in [3.63, 3.8) is 0 Å². The average Bonchev–Trinajstić information content (AvgIpc) is 2.46. The first kappa shape index (κ1) is 14.3. The number of hydrogen-bond acceptors (Lipinski definition) is 3. The number of pyridine rings is 1. The van der Waals surface area contributed by atoms with E-state index in [-0.39, 0.29) is 5.41 Å². The Bertz CT molecular complexity index is 651. The lowest BCUT2D eigenvalue weighted by Gasteiger charge is -2.52. The largest absolute Gasteiger partial charge is 0.380 e. The molecule has 2 unspecified atom stereocenters. The molecular weight excluding hydrogens is 260 g/mol. The normalized spacial score (nSPS) is 23.8. The molecule has 0 bridgehead atoms. The number of nitrogens with zero attached hydrogens (tertiary/aromatic N) is 1. The van der Waals surface area contributed by atoms with Gasteiger partial charge >= 0.3 is 0 Å². The van der Waals surface area contributed by atoms with Crippen molar-refractivity contribution in [2.45, 2.75) is 46.3 Å². The molecule has 3 heteroatoms. The fourth-order valence-electron chi connectivity index (χ4n) is 3.16. The molecule has 0 radical (unpaired) electrons. The second-order valence-corrected chi connectivity index (χ2v) is 6.53. The molecule has 1 aromatic heterocycles. The zero-order chi connectivity index (χ0) is 15.0. The first-order chi connectivity index (χ1) is 10.0. The summed E-state index contributed by atoms with van der Waals surface area (Å²) >= 11 is 0. The maximum absolute atomic E-state index is 5.81. The number of anilines is 1. The van der Waals surface area contributed by atoms with Crippen LogP contribution in [0.3, 0.4) is 0 Å². The van der Waals surface area contributed by atoms with Gasteiger partial charge in [-0.15, -0.1) is 0 Å². The average molecular weight is 284 g/mol. The van der Waals surface area contributed by atoms with Gasteiger partial charge in [-0.05, 0) is 32.4 Å². The summed E-state index contributed by atoms with van der Waals surface area (Å²) in [5, 5.41) is 4.87. The zero-order valence-electron chi connectivity index (χ0n) is 13.3. The number of rotatable bonds is 4. The lowest BCUT2D eigenvalue weighted by Crippen LogP contribution is -2.58. The van der Waals surface area contributed by atoms with Crippen LogP contribution < -0.4 is 5.32 Å². The van der Waals surface area contributed by atoms with E-state index in [0.717, 1.165) is 29.9 Å². The van der Waals surface area contributed by atoms with Crippen LogP contribution in [0.5, 0.6) is 0 Å². The second-order valence-electron chi connectivity index (χ2n) is 6.53. The van der Waals surface area contributed by atoms with Crippen LogP contribution in [0.15, 0.2) is 30.3 Å². The van der Waals surface area contributed by atoms with Crippen LogP contribution in [0, 0.1) is 12.3 Å². The highest BCUT2D eigenvalue weighted by Crippen LogP contribution is 2.44. The van der Waals surface area contributed by atoms with E-state index in [1.165, 1.54) is 5.39 Å². The van der Waals surface area contributed by atoms with Gasteiger partial charge in [0.25, 0.3) is 0 Å². The Kier molecular flexibility index (Phi) is 3.62. The van der Waals surface area contributed by atoms with Crippen LogP contribution in [0.1, 0.15) is 32.9 Å². The fourth-order valence-corrected chi connectivity index (χ4v) is 3.16. The van der Waals surface area contributed by atoms with Crippen molar-refractivity contribution in [3.8, 4) is 0 Å². The molecule has 2 atom stereocenters. The number of para-hydroxylation sites is 1. The highest BCUT2D eigenvalue weighted by molar-refractivity contribution is 5.90. The van der Waals surface area contributed by atoms with Gasteiger partial charge in [0, 0.05) is 29.1 Å². The summed E-state index contributed by atoms with van der Waals surface area (Å²) in [5.41, 5.74) is 3.40. The van der Waals surface area contributed by atoms with Crippen molar-refractivity contribution in [2.24, 2.45) is 5.41 Å². The molecule has 0 saturated heterocycles. The topological polar surface area (TPSA) is 34.1 Å². The van der Waals surface area contributed by atoms with Gasteiger partial charge in [0.05, 0.1) is 17.3 Å². The minimum absolute atomic E-state index is 0.155. The molecule has 1 aliphatic rings. The monoisotopic (exact) mass is 284 g/mol. The van der Waals surface area contributed by atoms with E-state index >= 15 is 0 Å². The Morgan fingerprint density at radius 1 is 1.29 bits per heavy atom. The third-order valence-electron chi connectivity index (χ3n) is 4.73. The number of benzene rings is 1. The van der Waals surface area contributed by atoms with E-state index in [2.05, 4.69) is 56.4 Å². The van der Waals surface area contributed by atoms with E-state index in [9.17, 15) is 0 Å². The highest BCUT2D eigenvalue weighted by atomic mass is 16.5. The number of nitrogens with one attached hydrogen (secondary N) is 1. The summed E-state index contributed by atoms with van der Waals surface area (Å²) in [6.07, 6.45) is 1.41. The van der Waals surface area contributed by atoms with Crippen molar-refractivity contribution >= 4 is 16.6 Å². The van der Waals surface area contributed by atoms with Crippen LogP contribution in [-0.2, 0) is 4.74 Å². The molecule has 3 rings (SSSR count). The van der Waals surface area contributed by atoms with Gasteiger partial charge in [0.15, 0.2) is 0 Å². The lowest BCUT2D eigenvalue weighted by molar-refractivity contribution is -0.0975. The van der Waals surface area contributed by atoms with Crippen molar-refractivity contribution in [1.29, 1.82) is 0 Å². The van der Waals surface area contributed by atoms with Crippen LogP contribution in [0.2, 0.25) is 0 Å². The SMILES string of the molecule is CCOC1CC(Nc2cccc3ccc(C)nc23)C1(C)C. The molecule has 1 fully saturated rings. The first-order valence-corrected chi connectivity index (χ1v) is 7.77. The predicted molar refractivity (Wildman–Crippen MR) is 87.7 cm³/mol. The molecule has 0 spiro atoms. The molecule has 112 valence electrons. The highest BCUT2D eigenvalue weighted by Gasteiger charge is 2.48. The number of hydrogen-bond donors (Lipinski definition) is 1. The number of aryl methyl sites for hydroxylation is 1. The number of ether oxygens (including phenoxy) is 1.